The summed E-state index contributed by atoms with van der Waals surface area (Å²) < 4.78 is 10.9. The molecule has 2 aromatic carbocycles. The summed E-state index contributed by atoms with van der Waals surface area (Å²) in [6, 6.07) is 9.00. The molecule has 1 heterocycles. The van der Waals surface area contributed by atoms with Crippen molar-refractivity contribution in [2.45, 2.75) is 0 Å². The van der Waals surface area contributed by atoms with E-state index in [1.807, 2.05) is 12.1 Å². The second kappa shape index (κ2) is 7.45. The van der Waals surface area contributed by atoms with Gasteiger partial charge in [-0.05, 0) is 29.3 Å². The van der Waals surface area contributed by atoms with Gasteiger partial charge in [-0.2, -0.15) is 0 Å². The highest BCUT2D eigenvalue weighted by Gasteiger charge is 2.18. The molecule has 0 aliphatic carbocycles. The third-order valence-corrected chi connectivity index (χ3v) is 3.94. The number of benzene rings is 2. The zero-order valence-electron chi connectivity index (χ0n) is 14.1. The smallest absolute Gasteiger partial charge is 0.341 e. The average molecular weight is 374 g/mol. The SMILES string of the molecule is CNc1ncc2c(-c3cccc(Cl)c3)cc(OCC(=O)O)c(OC)c2n1. The zero-order valence-corrected chi connectivity index (χ0v) is 14.9. The fourth-order valence-electron chi connectivity index (χ4n) is 2.60. The molecule has 134 valence electrons. The van der Waals surface area contributed by atoms with Crippen LogP contribution in [0.3, 0.4) is 0 Å². The van der Waals surface area contributed by atoms with E-state index >= 15 is 0 Å². The van der Waals surface area contributed by atoms with Crippen LogP contribution in [0.25, 0.3) is 22.0 Å². The molecule has 0 bridgehead atoms. The molecule has 0 radical (unpaired) electrons. The zero-order chi connectivity index (χ0) is 18.7. The van der Waals surface area contributed by atoms with Crippen LogP contribution in [0.1, 0.15) is 0 Å². The number of methoxy groups -OCH3 is 1. The quantitative estimate of drug-likeness (QED) is 0.683. The normalized spacial score (nSPS) is 10.6. The fourth-order valence-corrected chi connectivity index (χ4v) is 2.79. The monoisotopic (exact) mass is 373 g/mol. The van der Waals surface area contributed by atoms with Crippen LogP contribution in [-0.4, -0.2) is 41.8 Å². The number of carboxylic acid groups (broad SMARTS) is 1. The summed E-state index contributed by atoms with van der Waals surface area (Å²) in [6.07, 6.45) is 1.67. The van der Waals surface area contributed by atoms with Gasteiger partial charge in [0.25, 0.3) is 0 Å². The molecule has 0 atom stereocenters. The number of halogens is 1. The standard InChI is InChI=1S/C18H16ClN3O4/c1-20-18-21-8-13-12(10-4-3-5-11(19)6-10)7-14(26-9-15(23)24)17(25-2)16(13)22-18/h3-8H,9H2,1-2H3,(H,23,24)(H,20,21,22). The Balaban J connectivity index is 2.30. The first-order valence-electron chi connectivity index (χ1n) is 7.69. The number of hydrogen-bond acceptors (Lipinski definition) is 6. The van der Waals surface area contributed by atoms with Crippen LogP contribution < -0.4 is 14.8 Å². The van der Waals surface area contributed by atoms with Crippen molar-refractivity contribution in [3.63, 3.8) is 0 Å². The van der Waals surface area contributed by atoms with Gasteiger partial charge in [-0.15, -0.1) is 0 Å². The van der Waals surface area contributed by atoms with Crippen molar-refractivity contribution < 1.29 is 19.4 Å². The molecule has 0 unspecified atom stereocenters. The summed E-state index contributed by atoms with van der Waals surface area (Å²) in [6.45, 7) is -0.499. The van der Waals surface area contributed by atoms with Crippen LogP contribution in [-0.2, 0) is 4.79 Å². The number of carbonyl (C=O) groups is 1. The molecule has 0 saturated heterocycles. The molecule has 0 aliphatic rings. The van der Waals surface area contributed by atoms with E-state index in [1.165, 1.54) is 7.11 Å². The van der Waals surface area contributed by atoms with E-state index < -0.39 is 12.6 Å². The minimum Gasteiger partial charge on any atom is -0.491 e. The molecular formula is C18H16ClN3O4. The summed E-state index contributed by atoms with van der Waals surface area (Å²) in [4.78, 5) is 19.6. The predicted molar refractivity (Wildman–Crippen MR) is 99.2 cm³/mol. The van der Waals surface area contributed by atoms with Crippen LogP contribution in [0.2, 0.25) is 5.02 Å². The van der Waals surface area contributed by atoms with Gasteiger partial charge in [-0.25, -0.2) is 14.8 Å². The van der Waals surface area contributed by atoms with Crippen LogP contribution >= 0.6 is 11.6 Å². The summed E-state index contributed by atoms with van der Waals surface area (Å²) >= 11 is 6.12. The predicted octanol–water partition coefficient (Wildman–Crippen LogP) is 3.46. The van der Waals surface area contributed by atoms with E-state index in [4.69, 9.17) is 26.2 Å². The molecule has 8 heteroatoms. The number of hydrogen-bond donors (Lipinski definition) is 2. The third kappa shape index (κ3) is 3.48. The highest BCUT2D eigenvalue weighted by atomic mass is 35.5. The van der Waals surface area contributed by atoms with E-state index in [0.717, 1.165) is 16.5 Å². The first-order chi connectivity index (χ1) is 12.5. The lowest BCUT2D eigenvalue weighted by Crippen LogP contribution is -2.10. The van der Waals surface area contributed by atoms with E-state index in [2.05, 4.69) is 15.3 Å². The third-order valence-electron chi connectivity index (χ3n) is 3.71. The van der Waals surface area contributed by atoms with Gasteiger partial charge in [0.1, 0.15) is 5.52 Å². The largest absolute Gasteiger partial charge is 0.491 e. The van der Waals surface area contributed by atoms with Gasteiger partial charge in [0.2, 0.25) is 5.95 Å². The number of carboxylic acids is 1. The van der Waals surface area contributed by atoms with Crippen molar-refractivity contribution in [1.82, 2.24) is 9.97 Å². The minimum absolute atomic E-state index is 0.276. The van der Waals surface area contributed by atoms with E-state index in [-0.39, 0.29) is 5.75 Å². The topological polar surface area (TPSA) is 93.6 Å². The Morgan fingerprint density at radius 1 is 1.35 bits per heavy atom. The van der Waals surface area contributed by atoms with Crippen molar-refractivity contribution in [3.05, 3.63) is 41.6 Å². The molecule has 26 heavy (non-hydrogen) atoms. The van der Waals surface area contributed by atoms with E-state index in [1.54, 1.807) is 31.4 Å². The highest BCUT2D eigenvalue weighted by Crippen LogP contribution is 2.41. The average Bonchev–Trinajstić information content (AvgIpc) is 2.64. The van der Waals surface area contributed by atoms with Crippen LogP contribution in [0.15, 0.2) is 36.5 Å². The number of nitrogens with one attached hydrogen (secondary N) is 1. The van der Waals surface area contributed by atoms with Gasteiger partial charge in [-0.3, -0.25) is 0 Å². The molecule has 2 N–H and O–H groups in total. The molecule has 0 saturated carbocycles. The Morgan fingerprint density at radius 3 is 2.81 bits per heavy atom. The van der Waals surface area contributed by atoms with Gasteiger partial charge >= 0.3 is 5.97 Å². The number of rotatable bonds is 6. The Kier molecular flexibility index (Phi) is 5.09. The second-order valence-electron chi connectivity index (χ2n) is 5.35. The van der Waals surface area contributed by atoms with Crippen LogP contribution in [0.4, 0.5) is 5.95 Å². The maximum atomic E-state index is 10.9. The van der Waals surface area contributed by atoms with Gasteiger partial charge in [0.05, 0.1) is 7.11 Å². The summed E-state index contributed by atoms with van der Waals surface area (Å²) in [7, 11) is 3.18. The molecule has 3 rings (SSSR count). The van der Waals surface area contributed by atoms with Crippen molar-refractivity contribution in [3.8, 4) is 22.6 Å². The maximum Gasteiger partial charge on any atom is 0.341 e. The van der Waals surface area contributed by atoms with E-state index in [0.29, 0.717) is 22.2 Å². The number of fused-ring (bicyclic) bond motifs is 1. The molecule has 0 spiro atoms. The van der Waals surface area contributed by atoms with Crippen molar-refractivity contribution in [1.29, 1.82) is 0 Å². The lowest BCUT2D eigenvalue weighted by molar-refractivity contribution is -0.139. The van der Waals surface area contributed by atoms with Gasteiger partial charge < -0.3 is 19.9 Å². The van der Waals surface area contributed by atoms with Crippen LogP contribution in [0.5, 0.6) is 11.5 Å². The van der Waals surface area contributed by atoms with Crippen molar-refractivity contribution in [2.24, 2.45) is 0 Å². The van der Waals surface area contributed by atoms with Gasteiger partial charge in [-0.1, -0.05) is 23.7 Å². The molecule has 0 fully saturated rings. The first-order valence-corrected chi connectivity index (χ1v) is 8.07. The van der Waals surface area contributed by atoms with Crippen molar-refractivity contribution >= 4 is 34.4 Å². The molecule has 0 amide bonds. The maximum absolute atomic E-state index is 10.9. The van der Waals surface area contributed by atoms with Gasteiger partial charge in [0.15, 0.2) is 18.1 Å². The van der Waals surface area contributed by atoms with Crippen molar-refractivity contribution in [2.75, 3.05) is 26.1 Å². The molecule has 1 aromatic heterocycles. The molecular weight excluding hydrogens is 358 g/mol. The lowest BCUT2D eigenvalue weighted by Gasteiger charge is -2.15. The summed E-state index contributed by atoms with van der Waals surface area (Å²) in [5.74, 6) is -0.0673. The number of anilines is 1. The van der Waals surface area contributed by atoms with Crippen LogP contribution in [0, 0.1) is 0 Å². The Labute approximate surface area is 154 Å². The molecule has 0 aliphatic heterocycles. The summed E-state index contributed by atoms with van der Waals surface area (Å²) in [5.41, 5.74) is 2.09. The number of aromatic nitrogens is 2. The first kappa shape index (κ1) is 17.8. The number of ether oxygens (including phenoxy) is 2. The minimum atomic E-state index is -1.09. The molecule has 7 nitrogen and oxygen atoms in total. The second-order valence-corrected chi connectivity index (χ2v) is 5.79. The Hall–Kier alpha value is -3.06. The van der Waals surface area contributed by atoms with Gasteiger partial charge in [0, 0.05) is 23.7 Å². The number of nitrogens with zero attached hydrogens (tertiary/aromatic N) is 2. The lowest BCUT2D eigenvalue weighted by atomic mass is 10.0. The Morgan fingerprint density at radius 2 is 2.15 bits per heavy atom. The summed E-state index contributed by atoms with van der Waals surface area (Å²) in [5, 5.41) is 13.1. The molecule has 3 aromatic rings. The highest BCUT2D eigenvalue weighted by molar-refractivity contribution is 6.30. The number of aliphatic carboxylic acids is 1. The fraction of sp³-hybridized carbons (Fsp3) is 0.167. The Bertz CT molecular complexity index is 978. The van der Waals surface area contributed by atoms with E-state index in [9.17, 15) is 4.79 Å².